The third-order valence-corrected chi connectivity index (χ3v) is 4.15. The molecule has 0 radical (unpaired) electrons. The van der Waals surface area contributed by atoms with Crippen molar-refractivity contribution in [2.75, 3.05) is 0 Å². The van der Waals surface area contributed by atoms with E-state index in [1.54, 1.807) is 11.3 Å². The van der Waals surface area contributed by atoms with Crippen LogP contribution in [0.25, 0.3) is 10.1 Å². The number of H-pyrrole nitrogens is 1. The molecule has 3 rings (SSSR count). The third kappa shape index (κ3) is 2.22. The first-order chi connectivity index (χ1) is 9.15. The van der Waals surface area contributed by atoms with Gasteiger partial charge in [-0.2, -0.15) is 0 Å². The predicted molar refractivity (Wildman–Crippen MR) is 77.3 cm³/mol. The lowest BCUT2D eigenvalue weighted by molar-refractivity contribution is 0.725. The van der Waals surface area contributed by atoms with Crippen LogP contribution in [0, 0.1) is 0 Å². The number of rotatable bonds is 2. The molecule has 0 atom stereocenters. The minimum atomic E-state index is -0.557. The molecule has 1 aromatic carbocycles. The summed E-state index contributed by atoms with van der Waals surface area (Å²) in [6, 6.07) is 7.98. The molecule has 4 nitrogen and oxygen atoms in total. The zero-order valence-corrected chi connectivity index (χ0v) is 11.3. The molecule has 0 fully saturated rings. The number of fused-ring (bicyclic) bond motifs is 1. The van der Waals surface area contributed by atoms with E-state index < -0.39 is 11.2 Å². The highest BCUT2D eigenvalue weighted by molar-refractivity contribution is 7.17. The maximum atomic E-state index is 11.7. The van der Waals surface area contributed by atoms with Crippen molar-refractivity contribution in [3.63, 3.8) is 0 Å². The van der Waals surface area contributed by atoms with E-state index in [1.165, 1.54) is 15.5 Å². The molecule has 3 aromatic rings. The molecular weight excluding hydrogens is 284 g/mol. The highest BCUT2D eigenvalue weighted by Gasteiger charge is 2.07. The first-order valence-electron chi connectivity index (χ1n) is 5.59. The van der Waals surface area contributed by atoms with E-state index in [9.17, 15) is 9.59 Å². The van der Waals surface area contributed by atoms with Gasteiger partial charge in [0.05, 0.1) is 6.54 Å². The Labute approximate surface area is 116 Å². The lowest BCUT2D eigenvalue weighted by Crippen LogP contribution is -2.29. The van der Waals surface area contributed by atoms with Gasteiger partial charge in [-0.05, 0) is 22.4 Å². The van der Waals surface area contributed by atoms with Crippen molar-refractivity contribution in [2.24, 2.45) is 0 Å². The van der Waals surface area contributed by atoms with Gasteiger partial charge in [-0.25, -0.2) is 4.79 Å². The van der Waals surface area contributed by atoms with Gasteiger partial charge in [-0.15, -0.1) is 11.3 Å². The van der Waals surface area contributed by atoms with Gasteiger partial charge in [0.15, 0.2) is 0 Å². The van der Waals surface area contributed by atoms with Crippen molar-refractivity contribution in [1.29, 1.82) is 0 Å². The number of nitrogens with one attached hydrogen (secondary N) is 1. The summed E-state index contributed by atoms with van der Waals surface area (Å²) in [7, 11) is 0. The maximum absolute atomic E-state index is 11.7. The summed E-state index contributed by atoms with van der Waals surface area (Å²) < 4.78 is 2.57. The van der Waals surface area contributed by atoms with Crippen LogP contribution in [0.15, 0.2) is 45.4 Å². The maximum Gasteiger partial charge on any atom is 0.328 e. The van der Waals surface area contributed by atoms with Crippen molar-refractivity contribution < 1.29 is 0 Å². The van der Waals surface area contributed by atoms with Crippen LogP contribution >= 0.6 is 22.9 Å². The van der Waals surface area contributed by atoms with Crippen molar-refractivity contribution >= 4 is 33.0 Å². The van der Waals surface area contributed by atoms with E-state index >= 15 is 0 Å². The molecular formula is C13H9ClN2O2S. The van der Waals surface area contributed by atoms with Gasteiger partial charge in [-0.3, -0.25) is 14.3 Å². The second kappa shape index (κ2) is 4.68. The summed E-state index contributed by atoms with van der Waals surface area (Å²) >= 11 is 7.37. The van der Waals surface area contributed by atoms with E-state index in [1.807, 2.05) is 29.6 Å². The van der Waals surface area contributed by atoms with Crippen LogP contribution in [0.5, 0.6) is 0 Å². The summed E-state index contributed by atoms with van der Waals surface area (Å²) in [5, 5.41) is 3.14. The Hall–Kier alpha value is -1.85. The van der Waals surface area contributed by atoms with Crippen LogP contribution in [0.2, 0.25) is 5.02 Å². The minimum absolute atomic E-state index is 0.0131. The molecule has 0 unspecified atom stereocenters. The van der Waals surface area contributed by atoms with Gasteiger partial charge in [0, 0.05) is 10.9 Å². The molecule has 0 saturated carbocycles. The number of nitrogens with zero attached hydrogens (tertiary/aromatic N) is 1. The van der Waals surface area contributed by atoms with Crippen molar-refractivity contribution in [2.45, 2.75) is 6.54 Å². The third-order valence-electron chi connectivity index (χ3n) is 2.87. The first kappa shape index (κ1) is 12.2. The van der Waals surface area contributed by atoms with Gasteiger partial charge < -0.3 is 0 Å². The minimum Gasteiger partial charge on any atom is -0.295 e. The fourth-order valence-electron chi connectivity index (χ4n) is 1.94. The summed E-state index contributed by atoms with van der Waals surface area (Å²) in [6.07, 6.45) is 1.37. The van der Waals surface area contributed by atoms with E-state index in [-0.39, 0.29) is 5.02 Å². The number of benzene rings is 1. The Morgan fingerprint density at radius 1 is 1.26 bits per heavy atom. The van der Waals surface area contributed by atoms with Gasteiger partial charge in [0.2, 0.25) is 0 Å². The fraction of sp³-hybridized carbons (Fsp3) is 0.0769. The van der Waals surface area contributed by atoms with Gasteiger partial charge >= 0.3 is 5.69 Å². The van der Waals surface area contributed by atoms with Crippen LogP contribution in [0.4, 0.5) is 0 Å². The second-order valence-corrected chi connectivity index (χ2v) is 5.44. The Bertz CT molecular complexity index is 863. The van der Waals surface area contributed by atoms with E-state index in [0.717, 1.165) is 10.9 Å². The second-order valence-electron chi connectivity index (χ2n) is 4.12. The van der Waals surface area contributed by atoms with Gasteiger partial charge in [-0.1, -0.05) is 29.8 Å². The average molecular weight is 293 g/mol. The van der Waals surface area contributed by atoms with Crippen LogP contribution in [0.1, 0.15) is 5.56 Å². The zero-order valence-electron chi connectivity index (χ0n) is 9.72. The lowest BCUT2D eigenvalue weighted by atomic mass is 10.2. The molecule has 19 heavy (non-hydrogen) atoms. The Morgan fingerprint density at radius 3 is 2.89 bits per heavy atom. The van der Waals surface area contributed by atoms with E-state index in [2.05, 4.69) is 4.98 Å². The van der Waals surface area contributed by atoms with Crippen LogP contribution < -0.4 is 11.2 Å². The Balaban J connectivity index is 2.09. The molecule has 2 aromatic heterocycles. The monoisotopic (exact) mass is 292 g/mol. The Kier molecular flexibility index (Phi) is 3.00. The number of halogens is 1. The van der Waals surface area contributed by atoms with Crippen LogP contribution in [-0.2, 0) is 6.54 Å². The smallest absolute Gasteiger partial charge is 0.295 e. The van der Waals surface area contributed by atoms with Crippen LogP contribution in [0.3, 0.4) is 0 Å². The number of hydrogen-bond acceptors (Lipinski definition) is 3. The number of aromatic nitrogens is 2. The van der Waals surface area contributed by atoms with Gasteiger partial charge in [0.25, 0.3) is 5.56 Å². The number of thiophene rings is 1. The number of aromatic amines is 1. The molecule has 0 saturated heterocycles. The molecule has 0 aliphatic heterocycles. The molecule has 0 aliphatic rings. The highest BCUT2D eigenvalue weighted by atomic mass is 35.5. The molecule has 2 heterocycles. The molecule has 0 bridgehead atoms. The lowest BCUT2D eigenvalue weighted by Gasteiger charge is -2.04. The number of hydrogen-bond donors (Lipinski definition) is 1. The normalized spacial score (nSPS) is 11.0. The zero-order chi connectivity index (χ0) is 13.4. The Morgan fingerprint density at radius 2 is 2.05 bits per heavy atom. The standard InChI is InChI=1S/C13H9ClN2O2S/c14-10-6-16(13(18)15-12(10)17)5-8-7-19-11-4-2-1-3-9(8)11/h1-4,6-7H,5H2,(H,15,17,18). The van der Waals surface area contributed by atoms with E-state index in [0.29, 0.717) is 6.54 Å². The quantitative estimate of drug-likeness (QED) is 0.789. The van der Waals surface area contributed by atoms with Gasteiger partial charge in [0.1, 0.15) is 5.02 Å². The largest absolute Gasteiger partial charge is 0.328 e. The van der Waals surface area contributed by atoms with E-state index in [4.69, 9.17) is 11.6 Å². The molecule has 0 aliphatic carbocycles. The molecule has 6 heteroatoms. The summed E-state index contributed by atoms with van der Waals surface area (Å²) in [6.45, 7) is 0.388. The summed E-state index contributed by atoms with van der Waals surface area (Å²) in [5.41, 5.74) is 0.0218. The molecule has 1 N–H and O–H groups in total. The summed E-state index contributed by atoms with van der Waals surface area (Å²) in [5.74, 6) is 0. The molecule has 0 spiro atoms. The van der Waals surface area contributed by atoms with Crippen molar-refractivity contribution in [1.82, 2.24) is 9.55 Å². The van der Waals surface area contributed by atoms with Crippen molar-refractivity contribution in [3.05, 3.63) is 67.3 Å². The average Bonchev–Trinajstić information content (AvgIpc) is 2.80. The molecule has 96 valence electrons. The van der Waals surface area contributed by atoms with Crippen LogP contribution in [-0.4, -0.2) is 9.55 Å². The first-order valence-corrected chi connectivity index (χ1v) is 6.85. The summed E-state index contributed by atoms with van der Waals surface area (Å²) in [4.78, 5) is 25.1. The van der Waals surface area contributed by atoms with Crippen molar-refractivity contribution in [3.8, 4) is 0 Å². The SMILES string of the molecule is O=c1[nH]c(=O)n(Cc2csc3ccccc23)cc1Cl. The fourth-order valence-corrected chi connectivity index (χ4v) is 3.06. The predicted octanol–water partition coefficient (Wildman–Crippen LogP) is 2.45. The topological polar surface area (TPSA) is 54.9 Å². The highest BCUT2D eigenvalue weighted by Crippen LogP contribution is 2.25. The molecule has 0 amide bonds.